The molecule has 0 bridgehead atoms. The lowest BCUT2D eigenvalue weighted by atomic mass is 10.1. The number of carbonyl (C=O) groups excluding carboxylic acids is 2. The maximum absolute atomic E-state index is 11.6. The van der Waals surface area contributed by atoms with Crippen LogP contribution in [-0.2, 0) is 20.9 Å². The molecule has 1 fully saturated rings. The van der Waals surface area contributed by atoms with Gasteiger partial charge in [0.2, 0.25) is 11.8 Å². The normalized spacial score (nSPS) is 17.8. The molecular weight excluding hydrogens is 256 g/mol. The highest BCUT2D eigenvalue weighted by molar-refractivity contribution is 5.86. The van der Waals surface area contributed by atoms with Gasteiger partial charge in [-0.15, -0.1) is 0 Å². The van der Waals surface area contributed by atoms with Crippen molar-refractivity contribution in [1.29, 1.82) is 0 Å². The van der Waals surface area contributed by atoms with Gasteiger partial charge in [0.1, 0.15) is 6.10 Å². The summed E-state index contributed by atoms with van der Waals surface area (Å²) < 4.78 is 5.24. The summed E-state index contributed by atoms with van der Waals surface area (Å²) in [6, 6.07) is 7.95. The number of amides is 2. The molecule has 2 amide bonds. The minimum atomic E-state index is -0.389. The van der Waals surface area contributed by atoms with Gasteiger partial charge in [-0.1, -0.05) is 29.8 Å². The van der Waals surface area contributed by atoms with Crippen molar-refractivity contribution >= 4 is 11.8 Å². The number of nitrogens with one attached hydrogen (secondary N) is 2. The third-order valence-electron chi connectivity index (χ3n) is 3.26. The van der Waals surface area contributed by atoms with Crippen molar-refractivity contribution in [3.63, 3.8) is 0 Å². The fourth-order valence-electron chi connectivity index (χ4n) is 2.03. The van der Waals surface area contributed by atoms with E-state index in [-0.39, 0.29) is 24.5 Å². The highest BCUT2D eigenvalue weighted by atomic mass is 16.5. The van der Waals surface area contributed by atoms with Gasteiger partial charge in [-0.3, -0.25) is 9.59 Å². The summed E-state index contributed by atoms with van der Waals surface area (Å²) in [4.78, 5) is 23.3. The molecule has 2 N–H and O–H groups in total. The topological polar surface area (TPSA) is 67.4 Å². The van der Waals surface area contributed by atoms with E-state index in [1.165, 1.54) is 5.56 Å². The number of carbonyl (C=O) groups is 2. The molecule has 1 aliphatic rings. The smallest absolute Gasteiger partial charge is 0.249 e. The zero-order valence-electron chi connectivity index (χ0n) is 11.6. The first-order valence-electron chi connectivity index (χ1n) is 6.87. The van der Waals surface area contributed by atoms with Gasteiger partial charge in [-0.05, 0) is 25.3 Å². The summed E-state index contributed by atoms with van der Waals surface area (Å²) >= 11 is 0. The number of aryl methyl sites for hydroxylation is 1. The number of ether oxygens (including phenoxy) is 1. The first kappa shape index (κ1) is 14.5. The first-order valence-corrected chi connectivity index (χ1v) is 6.87. The Morgan fingerprint density at radius 3 is 2.65 bits per heavy atom. The minimum absolute atomic E-state index is 0.00937. The second kappa shape index (κ2) is 7.05. The maximum atomic E-state index is 11.6. The number of hydrogen-bond donors (Lipinski definition) is 2. The van der Waals surface area contributed by atoms with Crippen LogP contribution in [0.2, 0.25) is 0 Å². The van der Waals surface area contributed by atoms with Crippen LogP contribution < -0.4 is 10.6 Å². The Balaban J connectivity index is 1.67. The molecule has 0 aromatic heterocycles. The molecule has 0 spiro atoms. The molecule has 1 aromatic carbocycles. The monoisotopic (exact) mass is 276 g/mol. The molecule has 1 aliphatic heterocycles. The molecule has 0 saturated carbocycles. The van der Waals surface area contributed by atoms with E-state index < -0.39 is 0 Å². The fraction of sp³-hybridized carbons (Fsp3) is 0.467. The van der Waals surface area contributed by atoms with E-state index in [1.54, 1.807) is 0 Å². The molecule has 1 aromatic rings. The maximum Gasteiger partial charge on any atom is 0.249 e. The van der Waals surface area contributed by atoms with Crippen LogP contribution in [0.1, 0.15) is 24.0 Å². The quantitative estimate of drug-likeness (QED) is 0.840. The summed E-state index contributed by atoms with van der Waals surface area (Å²) in [6.07, 6.45) is 1.24. The van der Waals surface area contributed by atoms with Gasteiger partial charge in [-0.2, -0.15) is 0 Å². The van der Waals surface area contributed by atoms with Crippen molar-refractivity contribution in [2.24, 2.45) is 0 Å². The van der Waals surface area contributed by atoms with Gasteiger partial charge >= 0.3 is 0 Å². The summed E-state index contributed by atoms with van der Waals surface area (Å²) in [6.45, 7) is 3.10. The standard InChI is InChI=1S/C15H20N2O3/c1-11-4-6-12(7-5-11)9-16-14(18)10-17-15(19)13-3-2-8-20-13/h4-7,13H,2-3,8-10H2,1H3,(H,16,18)(H,17,19). The van der Waals surface area contributed by atoms with Crippen molar-refractivity contribution in [2.75, 3.05) is 13.2 Å². The van der Waals surface area contributed by atoms with Crippen molar-refractivity contribution in [3.8, 4) is 0 Å². The molecule has 5 nitrogen and oxygen atoms in total. The van der Waals surface area contributed by atoms with Gasteiger partial charge < -0.3 is 15.4 Å². The van der Waals surface area contributed by atoms with Crippen molar-refractivity contribution < 1.29 is 14.3 Å². The lowest BCUT2D eigenvalue weighted by Crippen LogP contribution is -2.41. The lowest BCUT2D eigenvalue weighted by molar-refractivity contribution is -0.132. The van der Waals surface area contributed by atoms with Crippen molar-refractivity contribution in [2.45, 2.75) is 32.4 Å². The van der Waals surface area contributed by atoms with Crippen LogP contribution in [0.25, 0.3) is 0 Å². The Labute approximate surface area is 118 Å². The van der Waals surface area contributed by atoms with E-state index in [0.717, 1.165) is 18.4 Å². The zero-order chi connectivity index (χ0) is 14.4. The van der Waals surface area contributed by atoms with Crippen LogP contribution in [0.5, 0.6) is 0 Å². The first-order chi connectivity index (χ1) is 9.65. The molecule has 1 saturated heterocycles. The molecule has 1 atom stereocenters. The van der Waals surface area contributed by atoms with Crippen LogP contribution in [0.4, 0.5) is 0 Å². The van der Waals surface area contributed by atoms with E-state index in [0.29, 0.717) is 13.2 Å². The summed E-state index contributed by atoms with van der Waals surface area (Å²) in [7, 11) is 0. The van der Waals surface area contributed by atoms with Crippen LogP contribution >= 0.6 is 0 Å². The van der Waals surface area contributed by atoms with Gasteiger partial charge in [-0.25, -0.2) is 0 Å². The zero-order valence-corrected chi connectivity index (χ0v) is 11.6. The van der Waals surface area contributed by atoms with Crippen LogP contribution in [0, 0.1) is 6.92 Å². The summed E-state index contributed by atoms with van der Waals surface area (Å²) in [5.41, 5.74) is 2.22. The third kappa shape index (κ3) is 4.35. The Morgan fingerprint density at radius 2 is 2.00 bits per heavy atom. The molecule has 108 valence electrons. The number of hydrogen-bond acceptors (Lipinski definition) is 3. The molecule has 20 heavy (non-hydrogen) atoms. The number of rotatable bonds is 5. The molecule has 5 heteroatoms. The average Bonchev–Trinajstić information content (AvgIpc) is 2.98. The molecule has 0 aliphatic carbocycles. The van der Waals surface area contributed by atoms with E-state index in [1.807, 2.05) is 31.2 Å². The van der Waals surface area contributed by atoms with Crippen molar-refractivity contribution in [1.82, 2.24) is 10.6 Å². The second-order valence-electron chi connectivity index (χ2n) is 4.98. The van der Waals surface area contributed by atoms with E-state index >= 15 is 0 Å². The average molecular weight is 276 g/mol. The lowest BCUT2D eigenvalue weighted by Gasteiger charge is -2.10. The Bertz CT molecular complexity index is 465. The minimum Gasteiger partial charge on any atom is -0.368 e. The van der Waals surface area contributed by atoms with E-state index in [9.17, 15) is 9.59 Å². The third-order valence-corrected chi connectivity index (χ3v) is 3.26. The van der Waals surface area contributed by atoms with Gasteiger partial charge in [0, 0.05) is 13.2 Å². The van der Waals surface area contributed by atoms with Gasteiger partial charge in [0.15, 0.2) is 0 Å². The molecular formula is C15H20N2O3. The predicted octanol–water partition coefficient (Wildman–Crippen LogP) is 0.906. The van der Waals surface area contributed by atoms with Crippen LogP contribution in [0.3, 0.4) is 0 Å². The SMILES string of the molecule is Cc1ccc(CNC(=O)CNC(=O)C2CCCO2)cc1. The molecule has 0 radical (unpaired) electrons. The van der Waals surface area contributed by atoms with E-state index in [2.05, 4.69) is 10.6 Å². The van der Waals surface area contributed by atoms with Gasteiger partial charge in [0.05, 0.1) is 6.54 Å². The predicted molar refractivity (Wildman–Crippen MR) is 75.0 cm³/mol. The van der Waals surface area contributed by atoms with Gasteiger partial charge in [0.25, 0.3) is 0 Å². The Kier molecular flexibility index (Phi) is 5.12. The molecule has 1 heterocycles. The van der Waals surface area contributed by atoms with Crippen molar-refractivity contribution in [3.05, 3.63) is 35.4 Å². The molecule has 1 unspecified atom stereocenters. The Hall–Kier alpha value is -1.88. The number of benzene rings is 1. The summed E-state index contributed by atoms with van der Waals surface area (Å²) in [5, 5.41) is 5.36. The molecule has 2 rings (SSSR count). The van der Waals surface area contributed by atoms with Crippen LogP contribution in [0.15, 0.2) is 24.3 Å². The van der Waals surface area contributed by atoms with E-state index in [4.69, 9.17) is 4.74 Å². The second-order valence-corrected chi connectivity index (χ2v) is 4.98. The fourth-order valence-corrected chi connectivity index (χ4v) is 2.03. The highest BCUT2D eigenvalue weighted by Gasteiger charge is 2.23. The summed E-state index contributed by atoms with van der Waals surface area (Å²) in [5.74, 6) is -0.398. The highest BCUT2D eigenvalue weighted by Crippen LogP contribution is 2.11. The largest absolute Gasteiger partial charge is 0.368 e. The van der Waals surface area contributed by atoms with Crippen LogP contribution in [-0.4, -0.2) is 31.1 Å². The Morgan fingerprint density at radius 1 is 1.25 bits per heavy atom.